The van der Waals surface area contributed by atoms with E-state index in [9.17, 15) is 0 Å². The molecule has 0 unspecified atom stereocenters. The van der Waals surface area contributed by atoms with Crippen LogP contribution in [0, 0.1) is 0 Å². The third-order valence-electron chi connectivity index (χ3n) is 8.68. The molecule has 0 fully saturated rings. The molecule has 53 heavy (non-hydrogen) atoms. The largest absolute Gasteiger partial charge is 0.454 e. The molecule has 2 heterocycles. The van der Waals surface area contributed by atoms with Gasteiger partial charge in [-0.15, -0.1) is 0 Å². The van der Waals surface area contributed by atoms with Gasteiger partial charge in [-0.3, -0.25) is 9.98 Å². The van der Waals surface area contributed by atoms with Crippen LogP contribution in [0.4, 0.5) is 17.1 Å². The van der Waals surface area contributed by atoms with Crippen molar-refractivity contribution in [2.45, 2.75) is 20.4 Å². The molecule has 262 valence electrons. The topological polar surface area (TPSA) is 62.7 Å². The molecule has 0 saturated carbocycles. The Labute approximate surface area is 311 Å². The summed E-state index contributed by atoms with van der Waals surface area (Å²) in [6.45, 7) is 20.3. The summed E-state index contributed by atoms with van der Waals surface area (Å²) in [7, 11) is 0. The van der Waals surface area contributed by atoms with Crippen molar-refractivity contribution in [2.75, 3.05) is 11.4 Å². The average Bonchev–Trinajstić information content (AvgIpc) is 3.57. The van der Waals surface area contributed by atoms with Crippen LogP contribution in [0.2, 0.25) is 0 Å². The second-order valence-corrected chi connectivity index (χ2v) is 12.1. The highest BCUT2D eigenvalue weighted by Gasteiger charge is 2.33. The Kier molecular flexibility index (Phi) is 11.5. The minimum absolute atomic E-state index is 0.454. The monoisotopic (exact) mass is 694 g/mol. The number of fused-ring (bicyclic) bond motifs is 7. The van der Waals surface area contributed by atoms with E-state index in [1.54, 1.807) is 6.08 Å². The fraction of sp³-hybridized carbons (Fsp3) is 0.0851. The van der Waals surface area contributed by atoms with Crippen LogP contribution in [-0.4, -0.2) is 25.8 Å². The molecule has 6 heteroatoms. The zero-order valence-corrected chi connectivity index (χ0v) is 30.2. The van der Waals surface area contributed by atoms with Crippen molar-refractivity contribution in [1.29, 1.82) is 0 Å². The van der Waals surface area contributed by atoms with E-state index in [-0.39, 0.29) is 0 Å². The van der Waals surface area contributed by atoms with Gasteiger partial charge in [-0.1, -0.05) is 128 Å². The lowest BCUT2D eigenvalue weighted by Crippen LogP contribution is -2.17. The molecule has 0 saturated heterocycles. The number of nitrogens with zero attached hydrogens (tertiary/aromatic N) is 4. The fourth-order valence-electron chi connectivity index (χ4n) is 6.46. The number of hydrogen-bond acceptors (Lipinski definition) is 5. The molecule has 1 aliphatic heterocycles. The van der Waals surface area contributed by atoms with E-state index in [2.05, 4.69) is 71.8 Å². The molecule has 0 bridgehead atoms. The highest BCUT2D eigenvalue weighted by molar-refractivity contribution is 6.20. The molecule has 0 amide bonds. The van der Waals surface area contributed by atoms with Crippen LogP contribution in [0.1, 0.15) is 36.3 Å². The third kappa shape index (κ3) is 7.48. The van der Waals surface area contributed by atoms with Crippen molar-refractivity contribution < 1.29 is 9.15 Å². The van der Waals surface area contributed by atoms with Crippen LogP contribution in [0.5, 0.6) is 11.5 Å². The third-order valence-corrected chi connectivity index (χ3v) is 8.68. The molecular formula is C47H42N4O2. The molecule has 0 N–H and O–H groups in total. The Morgan fingerprint density at radius 1 is 0.830 bits per heavy atom. The van der Waals surface area contributed by atoms with Gasteiger partial charge in [0.1, 0.15) is 11.4 Å². The first-order valence-electron chi connectivity index (χ1n) is 17.4. The summed E-state index contributed by atoms with van der Waals surface area (Å²) in [6.07, 6.45) is 13.5. The van der Waals surface area contributed by atoms with E-state index in [1.807, 2.05) is 123 Å². The zero-order chi connectivity index (χ0) is 37.2. The maximum absolute atomic E-state index is 6.68. The van der Waals surface area contributed by atoms with Crippen LogP contribution >= 0.6 is 0 Å². The van der Waals surface area contributed by atoms with E-state index >= 15 is 0 Å². The summed E-state index contributed by atoms with van der Waals surface area (Å²) in [4.78, 5) is 15.1. The van der Waals surface area contributed by atoms with Gasteiger partial charge in [-0.2, -0.15) is 0 Å². The van der Waals surface area contributed by atoms with E-state index in [4.69, 9.17) is 14.1 Å². The maximum atomic E-state index is 6.68. The van der Waals surface area contributed by atoms with Gasteiger partial charge in [0, 0.05) is 27.6 Å². The molecule has 6 nitrogen and oxygen atoms in total. The highest BCUT2D eigenvalue weighted by Crippen LogP contribution is 2.57. The predicted molar refractivity (Wildman–Crippen MR) is 227 cm³/mol. The number of amidine groups is 1. The number of benzene rings is 5. The first-order valence-corrected chi connectivity index (χ1v) is 17.4. The van der Waals surface area contributed by atoms with Gasteiger partial charge in [0.2, 0.25) is 0 Å². The predicted octanol–water partition coefficient (Wildman–Crippen LogP) is 12.9. The minimum Gasteiger partial charge on any atom is -0.454 e. The average molecular weight is 695 g/mol. The lowest BCUT2D eigenvalue weighted by atomic mass is 9.98. The molecule has 0 atom stereocenters. The molecule has 6 aromatic rings. The number of hydrogen-bond donors (Lipinski definition) is 0. The van der Waals surface area contributed by atoms with Crippen molar-refractivity contribution >= 4 is 70.2 Å². The van der Waals surface area contributed by atoms with Crippen LogP contribution in [0.3, 0.4) is 0 Å². The summed E-state index contributed by atoms with van der Waals surface area (Å²) in [5.41, 5.74) is 7.38. The number of para-hydroxylation sites is 2. The Morgan fingerprint density at radius 2 is 1.58 bits per heavy atom. The Bertz CT molecular complexity index is 2430. The first-order chi connectivity index (χ1) is 26.1. The number of furan rings is 1. The van der Waals surface area contributed by atoms with Gasteiger partial charge in [0.25, 0.3) is 0 Å². The molecule has 5 aromatic carbocycles. The van der Waals surface area contributed by atoms with Gasteiger partial charge >= 0.3 is 0 Å². The number of rotatable bonds is 10. The van der Waals surface area contributed by atoms with E-state index in [0.717, 1.165) is 79.3 Å². The van der Waals surface area contributed by atoms with Crippen LogP contribution < -0.4 is 9.64 Å². The summed E-state index contributed by atoms with van der Waals surface area (Å²) in [5, 5.41) is 3.02. The molecule has 7 rings (SSSR count). The standard InChI is InChI=1S/C39H33N3O2.C8H9N/c1-6-15-26(16-7-2)25-41-39(40-5)27-18-14-19-28(24-27)42-32-22-12-13-23-34(32)44-37-31-21-11-10-20-30(31)35-29(9-4)33(17-8-3)43-38(35)36(37)42;1-9-7-8-5-3-2-4-6-8/h6-24H,1,4-5,25H2,2-3H3;2-6H,1,7H2/b16-7-,17-8-,26-15+,41-39?;. The Hall–Kier alpha value is -6.79. The van der Waals surface area contributed by atoms with Crippen molar-refractivity contribution in [3.8, 4) is 11.5 Å². The number of ether oxygens (including phenoxy) is 1. The molecule has 1 aliphatic rings. The van der Waals surface area contributed by atoms with Crippen molar-refractivity contribution in [3.63, 3.8) is 0 Å². The van der Waals surface area contributed by atoms with Gasteiger partial charge in [-0.25, -0.2) is 4.99 Å². The van der Waals surface area contributed by atoms with Gasteiger partial charge in [0.15, 0.2) is 22.9 Å². The normalized spacial score (nSPS) is 12.6. The second-order valence-electron chi connectivity index (χ2n) is 12.1. The SMILES string of the molecule is C=C/C=C(\C=C/C)CN=C(N=C)c1cccc(N2c3ccccc3Oc3c2c2oc(/C=C\C)c(C=C)c2c2ccccc32)c1.C=NCc1ccccc1. The Balaban J connectivity index is 0.000000468. The minimum atomic E-state index is 0.454. The number of aliphatic imine (C=N–C) groups is 3. The smallest absolute Gasteiger partial charge is 0.163 e. The van der Waals surface area contributed by atoms with Gasteiger partial charge in [0.05, 0.1) is 18.8 Å². The van der Waals surface area contributed by atoms with E-state index < -0.39 is 0 Å². The molecule has 0 aliphatic carbocycles. The summed E-state index contributed by atoms with van der Waals surface area (Å²) >= 11 is 0. The summed E-state index contributed by atoms with van der Waals surface area (Å²) < 4.78 is 13.3. The van der Waals surface area contributed by atoms with Gasteiger partial charge in [-0.05, 0) is 74.1 Å². The second kappa shape index (κ2) is 16.9. The van der Waals surface area contributed by atoms with E-state index in [1.165, 1.54) is 5.56 Å². The highest BCUT2D eigenvalue weighted by atomic mass is 16.5. The molecule has 0 radical (unpaired) electrons. The number of allylic oxidation sites excluding steroid dienone is 4. The maximum Gasteiger partial charge on any atom is 0.163 e. The van der Waals surface area contributed by atoms with Crippen LogP contribution in [0.25, 0.3) is 33.9 Å². The molecule has 0 spiro atoms. The lowest BCUT2D eigenvalue weighted by molar-refractivity contribution is 0.481. The van der Waals surface area contributed by atoms with Crippen molar-refractivity contribution in [1.82, 2.24) is 0 Å². The lowest BCUT2D eigenvalue weighted by Gasteiger charge is -2.33. The zero-order valence-electron chi connectivity index (χ0n) is 30.2. The van der Waals surface area contributed by atoms with Crippen LogP contribution in [0.15, 0.2) is 172 Å². The summed E-state index contributed by atoms with van der Waals surface area (Å²) in [6, 6.07) is 34.5. The van der Waals surface area contributed by atoms with E-state index in [0.29, 0.717) is 12.4 Å². The number of anilines is 3. The first kappa shape index (κ1) is 36.0. The van der Waals surface area contributed by atoms with Crippen molar-refractivity contribution in [3.05, 3.63) is 175 Å². The van der Waals surface area contributed by atoms with Crippen molar-refractivity contribution in [2.24, 2.45) is 15.0 Å². The summed E-state index contributed by atoms with van der Waals surface area (Å²) in [5.74, 6) is 2.78. The quantitative estimate of drug-likeness (QED) is 0.0813. The molecular weight excluding hydrogens is 653 g/mol. The molecule has 1 aromatic heterocycles. The fourth-order valence-corrected chi connectivity index (χ4v) is 6.46. The van der Waals surface area contributed by atoms with Gasteiger partial charge < -0.3 is 14.1 Å². The Morgan fingerprint density at radius 3 is 2.30 bits per heavy atom. The van der Waals surface area contributed by atoms with Crippen LogP contribution in [-0.2, 0) is 6.54 Å².